The maximum absolute atomic E-state index is 12.3. The molecule has 1 amide bonds. The number of fused-ring (bicyclic) bond motifs is 1. The molecule has 3 aromatic rings. The van der Waals surface area contributed by atoms with E-state index in [0.717, 1.165) is 24.1 Å². The number of amides is 1. The zero-order valence-electron chi connectivity index (χ0n) is 18.9. The van der Waals surface area contributed by atoms with Crippen molar-refractivity contribution in [3.05, 3.63) is 77.4 Å². The van der Waals surface area contributed by atoms with E-state index in [9.17, 15) is 18.3 Å². The predicted molar refractivity (Wildman–Crippen MR) is 130 cm³/mol. The second-order valence-electron chi connectivity index (χ2n) is 7.92. The first kappa shape index (κ1) is 24.4. The lowest BCUT2D eigenvalue weighted by Gasteiger charge is -2.08. The Morgan fingerprint density at radius 2 is 1.55 bits per heavy atom. The summed E-state index contributed by atoms with van der Waals surface area (Å²) < 4.78 is 23.5. The molecule has 3 N–H and O–H groups in total. The van der Waals surface area contributed by atoms with Crippen molar-refractivity contribution in [1.82, 2.24) is 14.6 Å². The summed E-state index contributed by atoms with van der Waals surface area (Å²) >= 11 is 0. The number of nitrogens with zero attached hydrogens (tertiary/aromatic N) is 2. The molecular formula is C24H28N4O4S. The first-order valence-corrected chi connectivity index (χ1v) is 12.3. The molecule has 0 bridgehead atoms. The van der Waals surface area contributed by atoms with E-state index >= 15 is 0 Å². The van der Waals surface area contributed by atoms with Crippen molar-refractivity contribution < 1.29 is 18.3 Å². The van der Waals surface area contributed by atoms with Crippen LogP contribution in [0.2, 0.25) is 0 Å². The van der Waals surface area contributed by atoms with Gasteiger partial charge in [0.2, 0.25) is 10.0 Å². The minimum absolute atomic E-state index is 0.0256. The summed E-state index contributed by atoms with van der Waals surface area (Å²) in [7, 11) is 0.927. The van der Waals surface area contributed by atoms with Crippen molar-refractivity contribution in [2.75, 3.05) is 33.4 Å². The Hall–Kier alpha value is -3.27. The van der Waals surface area contributed by atoms with E-state index in [1.165, 1.54) is 6.26 Å². The first-order valence-electron chi connectivity index (χ1n) is 10.5. The highest BCUT2D eigenvalue weighted by molar-refractivity contribution is 7.88. The second-order valence-corrected chi connectivity index (χ2v) is 9.75. The van der Waals surface area contributed by atoms with Crippen molar-refractivity contribution >= 4 is 21.6 Å². The van der Waals surface area contributed by atoms with Crippen molar-refractivity contribution in [3.63, 3.8) is 0 Å². The van der Waals surface area contributed by atoms with E-state index in [0.29, 0.717) is 29.1 Å². The van der Waals surface area contributed by atoms with E-state index < -0.39 is 10.0 Å². The molecule has 8 nitrogen and oxygen atoms in total. The van der Waals surface area contributed by atoms with Crippen LogP contribution in [0.5, 0.6) is 5.88 Å². The van der Waals surface area contributed by atoms with Crippen LogP contribution in [0.4, 0.5) is 0 Å². The smallest absolute Gasteiger partial charge is 0.280 e. The standard InChI is InChI=1S/C18H12N2O2.C6H16N2O2S/c21-17-13-14(16(20-17)12-9-5-2-6-10-12)18(22)19-15(13)11-7-3-1-4-8-11;1-8(2)6-4-5-7-11(3,9)10/h1-10,19,22H;7H,4-6H2,1-3H3. The zero-order chi connectivity index (χ0) is 24.0. The second kappa shape index (κ2) is 10.6. The summed E-state index contributed by atoms with van der Waals surface area (Å²) in [5.41, 5.74) is 3.68. The number of aliphatic imine (C=N–C) groups is 1. The monoisotopic (exact) mass is 468 g/mol. The summed E-state index contributed by atoms with van der Waals surface area (Å²) in [6.07, 6.45) is 2.02. The summed E-state index contributed by atoms with van der Waals surface area (Å²) in [5, 5.41) is 10.3. The number of hydrogen-bond donors (Lipinski definition) is 3. The molecule has 0 aliphatic carbocycles. The van der Waals surface area contributed by atoms with E-state index in [2.05, 4.69) is 14.7 Å². The van der Waals surface area contributed by atoms with Gasteiger partial charge in [0.25, 0.3) is 5.91 Å². The molecule has 0 saturated heterocycles. The fourth-order valence-corrected chi connectivity index (χ4v) is 3.94. The van der Waals surface area contributed by atoms with Gasteiger partial charge in [0, 0.05) is 12.1 Å². The Labute approximate surface area is 194 Å². The predicted octanol–water partition coefficient (Wildman–Crippen LogP) is 2.87. The minimum atomic E-state index is -2.99. The molecule has 0 saturated carbocycles. The molecule has 0 unspecified atom stereocenters. The lowest BCUT2D eigenvalue weighted by atomic mass is 10.0. The molecule has 2 aromatic carbocycles. The third-order valence-corrected chi connectivity index (χ3v) is 5.63. The SMILES string of the molecule is CN(C)CCCNS(C)(=O)=O.O=C1N=C(c2ccccc2)c2c(O)[nH]c(-c3ccccc3)c21. The Kier molecular flexibility index (Phi) is 7.80. The van der Waals surface area contributed by atoms with Gasteiger partial charge in [-0.2, -0.15) is 0 Å². The number of hydrogen-bond acceptors (Lipinski definition) is 5. The lowest BCUT2D eigenvalue weighted by Crippen LogP contribution is -2.25. The lowest BCUT2D eigenvalue weighted by molar-refractivity contribution is 0.101. The largest absolute Gasteiger partial charge is 0.494 e. The number of aromatic hydroxyl groups is 1. The van der Waals surface area contributed by atoms with Crippen LogP contribution in [0, 0.1) is 0 Å². The molecule has 1 aliphatic rings. The van der Waals surface area contributed by atoms with Gasteiger partial charge in [-0.15, -0.1) is 0 Å². The van der Waals surface area contributed by atoms with Crippen LogP contribution in [0.3, 0.4) is 0 Å². The molecule has 2 heterocycles. The fourth-order valence-electron chi connectivity index (χ4n) is 3.42. The van der Waals surface area contributed by atoms with Crippen LogP contribution in [0.1, 0.15) is 27.9 Å². The number of sulfonamides is 1. The van der Waals surface area contributed by atoms with Gasteiger partial charge in [0.1, 0.15) is 0 Å². The Balaban J connectivity index is 0.000000239. The molecule has 9 heteroatoms. The highest BCUT2D eigenvalue weighted by Gasteiger charge is 2.33. The molecule has 174 valence electrons. The number of H-pyrrole nitrogens is 1. The molecule has 4 rings (SSSR count). The maximum atomic E-state index is 12.3. The van der Waals surface area contributed by atoms with Crippen LogP contribution in [0.15, 0.2) is 65.7 Å². The summed E-state index contributed by atoms with van der Waals surface area (Å²) in [6.45, 7) is 1.43. The van der Waals surface area contributed by atoms with E-state index in [1.54, 1.807) is 0 Å². The van der Waals surface area contributed by atoms with Crippen LogP contribution in [-0.2, 0) is 10.0 Å². The number of aromatic amines is 1. The Morgan fingerprint density at radius 3 is 2.09 bits per heavy atom. The third kappa shape index (κ3) is 6.38. The Morgan fingerprint density at radius 1 is 0.970 bits per heavy atom. The summed E-state index contributed by atoms with van der Waals surface area (Å²) in [6, 6.07) is 18.8. The van der Waals surface area contributed by atoms with Crippen molar-refractivity contribution in [2.24, 2.45) is 4.99 Å². The number of carbonyl (C=O) groups excluding carboxylic acids is 1. The van der Waals surface area contributed by atoms with Gasteiger partial charge in [-0.3, -0.25) is 4.79 Å². The maximum Gasteiger partial charge on any atom is 0.280 e. The number of carbonyl (C=O) groups is 1. The average Bonchev–Trinajstić information content (AvgIpc) is 3.31. The number of benzene rings is 2. The molecule has 0 radical (unpaired) electrons. The van der Waals surface area contributed by atoms with Crippen LogP contribution < -0.4 is 4.72 Å². The summed E-state index contributed by atoms with van der Waals surface area (Å²) in [5.74, 6) is -0.355. The molecule has 1 aliphatic heterocycles. The van der Waals surface area contributed by atoms with Crippen molar-refractivity contribution in [1.29, 1.82) is 0 Å². The number of aromatic nitrogens is 1. The van der Waals surface area contributed by atoms with Gasteiger partial charge in [0.05, 0.1) is 28.8 Å². The van der Waals surface area contributed by atoms with Crippen molar-refractivity contribution in [2.45, 2.75) is 6.42 Å². The molecule has 1 aromatic heterocycles. The third-order valence-electron chi connectivity index (χ3n) is 4.90. The van der Waals surface area contributed by atoms with Gasteiger partial charge < -0.3 is 15.0 Å². The van der Waals surface area contributed by atoms with Gasteiger partial charge >= 0.3 is 0 Å². The highest BCUT2D eigenvalue weighted by atomic mass is 32.2. The van der Waals surface area contributed by atoms with Gasteiger partial charge in [-0.1, -0.05) is 60.7 Å². The summed E-state index contributed by atoms with van der Waals surface area (Å²) in [4.78, 5) is 21.4. The quantitative estimate of drug-likeness (QED) is 0.461. The Bertz CT molecular complexity index is 1230. The molecule has 0 spiro atoms. The van der Waals surface area contributed by atoms with Crippen molar-refractivity contribution in [3.8, 4) is 17.1 Å². The van der Waals surface area contributed by atoms with E-state index in [1.807, 2.05) is 79.7 Å². The average molecular weight is 469 g/mol. The van der Waals surface area contributed by atoms with Crippen LogP contribution in [0.25, 0.3) is 11.3 Å². The number of nitrogens with one attached hydrogen (secondary N) is 2. The van der Waals surface area contributed by atoms with Gasteiger partial charge in [-0.05, 0) is 32.6 Å². The zero-order valence-corrected chi connectivity index (χ0v) is 19.7. The molecule has 0 atom stereocenters. The number of rotatable bonds is 7. The van der Waals surface area contributed by atoms with Crippen LogP contribution >= 0.6 is 0 Å². The van der Waals surface area contributed by atoms with Gasteiger partial charge in [0.15, 0.2) is 5.88 Å². The molecule has 33 heavy (non-hydrogen) atoms. The van der Waals surface area contributed by atoms with Gasteiger partial charge in [-0.25, -0.2) is 18.1 Å². The van der Waals surface area contributed by atoms with E-state index in [4.69, 9.17) is 0 Å². The highest BCUT2D eigenvalue weighted by Crippen LogP contribution is 2.37. The fraction of sp³-hybridized carbons (Fsp3) is 0.250. The molecular weight excluding hydrogens is 440 g/mol. The van der Waals surface area contributed by atoms with Crippen LogP contribution in [-0.4, -0.2) is 68.5 Å². The minimum Gasteiger partial charge on any atom is -0.494 e. The van der Waals surface area contributed by atoms with E-state index in [-0.39, 0.29) is 11.8 Å². The topological polar surface area (TPSA) is 115 Å². The first-order chi connectivity index (χ1) is 15.7. The molecule has 0 fully saturated rings. The normalized spacial score (nSPS) is 12.8.